The molecule has 0 bridgehead atoms. The normalized spacial score (nSPS) is 15.0. The van der Waals surface area contributed by atoms with Crippen LogP contribution in [-0.4, -0.2) is 17.7 Å². The summed E-state index contributed by atoms with van der Waals surface area (Å²) in [7, 11) is 0. The van der Waals surface area contributed by atoms with E-state index in [0.717, 1.165) is 35.3 Å². The van der Waals surface area contributed by atoms with Gasteiger partial charge in [-0.15, -0.1) is 0 Å². The first-order chi connectivity index (χ1) is 20.5. The topological polar surface area (TPSA) is 51.1 Å². The molecule has 0 unspecified atom stereocenters. The van der Waals surface area contributed by atoms with Gasteiger partial charge in [0, 0.05) is 0 Å². The number of carbonyl (C=O) groups excluding carboxylic acids is 1. The molecule has 1 aliphatic heterocycles. The fraction of sp³-hybridized carbons (Fsp3) is 0.222. The summed E-state index contributed by atoms with van der Waals surface area (Å²) in [6.07, 6.45) is 3.80. The molecule has 42 heavy (non-hydrogen) atoms. The van der Waals surface area contributed by atoms with E-state index in [2.05, 4.69) is 57.2 Å². The molecule has 0 radical (unpaired) electrons. The van der Waals surface area contributed by atoms with Gasteiger partial charge in [-0.05, 0) is 103 Å². The van der Waals surface area contributed by atoms with Crippen molar-refractivity contribution in [3.05, 3.63) is 124 Å². The molecule has 1 aliphatic rings. The van der Waals surface area contributed by atoms with Crippen LogP contribution in [0.3, 0.4) is 0 Å². The third-order valence-electron chi connectivity index (χ3n) is 7.02. The maximum absolute atomic E-state index is 13.8. The van der Waals surface area contributed by atoms with Gasteiger partial charge < -0.3 is 9.47 Å². The first kappa shape index (κ1) is 29.2. The van der Waals surface area contributed by atoms with E-state index in [-0.39, 0.29) is 5.91 Å². The van der Waals surface area contributed by atoms with E-state index in [9.17, 15) is 4.79 Å². The number of nitrogens with zero attached hydrogens (tertiary/aromatic N) is 2. The van der Waals surface area contributed by atoms with Gasteiger partial charge in [-0.3, -0.25) is 9.69 Å². The van der Waals surface area contributed by atoms with Crippen LogP contribution in [0.4, 0.5) is 11.4 Å². The average molecular weight is 577 g/mol. The predicted molar refractivity (Wildman–Crippen MR) is 175 cm³/mol. The highest BCUT2D eigenvalue weighted by molar-refractivity contribution is 8.19. The summed E-state index contributed by atoms with van der Waals surface area (Å²) in [5.74, 6) is 1.21. The van der Waals surface area contributed by atoms with Crippen molar-refractivity contribution < 1.29 is 14.3 Å². The van der Waals surface area contributed by atoms with Crippen molar-refractivity contribution in [1.82, 2.24) is 0 Å². The van der Waals surface area contributed by atoms with Crippen molar-refractivity contribution in [3.8, 4) is 11.5 Å². The molecule has 1 saturated heterocycles. The van der Waals surface area contributed by atoms with E-state index in [1.807, 2.05) is 67.6 Å². The molecule has 1 amide bonds. The summed E-state index contributed by atoms with van der Waals surface area (Å²) in [4.78, 5) is 21.0. The quantitative estimate of drug-likeness (QED) is 0.177. The molecule has 5 rings (SSSR count). The maximum atomic E-state index is 13.8. The van der Waals surface area contributed by atoms with Gasteiger partial charge in [0.25, 0.3) is 5.91 Å². The van der Waals surface area contributed by atoms with Crippen LogP contribution in [0.15, 0.2) is 101 Å². The van der Waals surface area contributed by atoms with E-state index in [0.29, 0.717) is 34.8 Å². The van der Waals surface area contributed by atoms with Crippen LogP contribution in [0.2, 0.25) is 0 Å². The lowest BCUT2D eigenvalue weighted by molar-refractivity contribution is -0.113. The summed E-state index contributed by atoms with van der Waals surface area (Å²) >= 11 is 1.38. The summed E-state index contributed by atoms with van der Waals surface area (Å²) in [6, 6.07) is 30.3. The van der Waals surface area contributed by atoms with Crippen LogP contribution < -0.4 is 14.4 Å². The fourth-order valence-corrected chi connectivity index (χ4v) is 5.69. The number of rotatable bonds is 10. The number of hydrogen-bond donors (Lipinski definition) is 0. The van der Waals surface area contributed by atoms with Crippen LogP contribution >= 0.6 is 11.8 Å². The second-order valence-electron chi connectivity index (χ2n) is 10.1. The Bertz CT molecular complexity index is 1610. The van der Waals surface area contributed by atoms with Gasteiger partial charge in [0.1, 0.15) is 6.61 Å². The van der Waals surface area contributed by atoms with E-state index in [1.54, 1.807) is 4.90 Å². The summed E-state index contributed by atoms with van der Waals surface area (Å²) < 4.78 is 12.1. The number of ether oxygens (including phenoxy) is 2. The molecule has 1 heterocycles. The molecule has 0 N–H and O–H groups in total. The van der Waals surface area contributed by atoms with E-state index in [1.165, 1.54) is 28.5 Å². The molecular formula is C36H36N2O3S. The summed E-state index contributed by atoms with van der Waals surface area (Å²) in [5, 5.41) is 0.628. The Hall–Kier alpha value is -4.29. The molecule has 0 spiro atoms. The lowest BCUT2D eigenvalue weighted by atomic mass is 10.1. The number of aryl methyl sites for hydroxylation is 3. The van der Waals surface area contributed by atoms with Gasteiger partial charge in [0.2, 0.25) is 0 Å². The second kappa shape index (κ2) is 13.6. The molecule has 0 aliphatic carbocycles. The first-order valence-corrected chi connectivity index (χ1v) is 15.2. The molecule has 0 saturated carbocycles. The van der Waals surface area contributed by atoms with E-state index in [4.69, 9.17) is 14.5 Å². The zero-order valence-electron chi connectivity index (χ0n) is 24.6. The third kappa shape index (κ3) is 6.94. The minimum atomic E-state index is -0.106. The summed E-state index contributed by atoms with van der Waals surface area (Å²) in [5.41, 5.74) is 7.22. The highest BCUT2D eigenvalue weighted by Crippen LogP contribution is 2.38. The third-order valence-corrected chi connectivity index (χ3v) is 7.99. The number of anilines is 1. The van der Waals surface area contributed by atoms with Gasteiger partial charge >= 0.3 is 0 Å². The van der Waals surface area contributed by atoms with Crippen molar-refractivity contribution in [1.29, 1.82) is 0 Å². The molecule has 0 atom stereocenters. The Morgan fingerprint density at radius 1 is 0.786 bits per heavy atom. The number of amidine groups is 1. The van der Waals surface area contributed by atoms with Gasteiger partial charge in [-0.2, -0.15) is 0 Å². The number of aliphatic imine (C=N–C) groups is 1. The van der Waals surface area contributed by atoms with E-state index < -0.39 is 0 Å². The summed E-state index contributed by atoms with van der Waals surface area (Å²) in [6.45, 7) is 9.22. The number of benzene rings is 4. The minimum Gasteiger partial charge on any atom is -0.490 e. The molecule has 214 valence electrons. The number of carbonyl (C=O) groups is 1. The van der Waals surface area contributed by atoms with Crippen LogP contribution in [0.25, 0.3) is 6.08 Å². The van der Waals surface area contributed by atoms with Crippen LogP contribution in [0.5, 0.6) is 11.5 Å². The molecule has 4 aromatic rings. The largest absolute Gasteiger partial charge is 0.490 e. The fourth-order valence-electron chi connectivity index (χ4n) is 4.69. The van der Waals surface area contributed by atoms with E-state index >= 15 is 0 Å². The van der Waals surface area contributed by atoms with Crippen molar-refractivity contribution in [3.63, 3.8) is 0 Å². The van der Waals surface area contributed by atoms with Crippen molar-refractivity contribution in [2.75, 3.05) is 11.5 Å². The van der Waals surface area contributed by atoms with Gasteiger partial charge in [-0.1, -0.05) is 74.0 Å². The van der Waals surface area contributed by atoms with Gasteiger partial charge in [0.05, 0.1) is 22.9 Å². The number of amides is 1. The lowest BCUT2D eigenvalue weighted by Crippen LogP contribution is -2.28. The van der Waals surface area contributed by atoms with Crippen molar-refractivity contribution >= 4 is 40.3 Å². The lowest BCUT2D eigenvalue weighted by Gasteiger charge is -2.16. The first-order valence-electron chi connectivity index (χ1n) is 14.4. The molecular weight excluding hydrogens is 540 g/mol. The Balaban J connectivity index is 1.45. The number of hydrogen-bond acceptors (Lipinski definition) is 5. The Morgan fingerprint density at radius 3 is 2.17 bits per heavy atom. The van der Waals surface area contributed by atoms with Gasteiger partial charge in [-0.25, -0.2) is 4.99 Å². The van der Waals surface area contributed by atoms with Crippen LogP contribution in [0.1, 0.15) is 48.6 Å². The molecule has 4 aromatic carbocycles. The average Bonchev–Trinajstić information content (AvgIpc) is 3.31. The second-order valence-corrected chi connectivity index (χ2v) is 11.1. The van der Waals surface area contributed by atoms with Crippen LogP contribution in [-0.2, 0) is 24.2 Å². The SMILES string of the molecule is CCOc1cc(/C=C2\SC(=Nc3ccc(CC)cc3)N(c3ccc(CC)cc3)C2=O)ccc1OCc1cccc(C)c1. The number of thioether (sulfide) groups is 1. The Morgan fingerprint density at radius 2 is 1.50 bits per heavy atom. The smallest absolute Gasteiger partial charge is 0.271 e. The zero-order valence-corrected chi connectivity index (χ0v) is 25.4. The minimum absolute atomic E-state index is 0.106. The molecule has 0 aromatic heterocycles. The zero-order chi connectivity index (χ0) is 29.5. The predicted octanol–water partition coefficient (Wildman–Crippen LogP) is 8.91. The standard InChI is InChI=1S/C36H36N2O3S/c1-5-26-11-16-30(17-12-26)37-36-38(31-18-13-27(6-2)14-19-31)35(39)34(42-36)23-28-15-20-32(33(22-28)40-7-3)41-24-29-10-8-9-25(4)21-29/h8-23H,5-7,24H2,1-4H3/b34-23-,37-36?. The molecule has 5 nitrogen and oxygen atoms in total. The molecule has 1 fully saturated rings. The highest BCUT2D eigenvalue weighted by atomic mass is 32.2. The van der Waals surface area contributed by atoms with Crippen LogP contribution in [0, 0.1) is 6.92 Å². The van der Waals surface area contributed by atoms with Crippen molar-refractivity contribution in [2.45, 2.75) is 47.1 Å². The Labute approximate surface area is 252 Å². The van der Waals surface area contributed by atoms with Crippen molar-refractivity contribution in [2.24, 2.45) is 4.99 Å². The monoisotopic (exact) mass is 576 g/mol. The molecule has 6 heteroatoms. The van der Waals surface area contributed by atoms with Gasteiger partial charge in [0.15, 0.2) is 16.7 Å². The highest BCUT2D eigenvalue weighted by Gasteiger charge is 2.34. The maximum Gasteiger partial charge on any atom is 0.271 e. The Kier molecular flexibility index (Phi) is 9.45.